The number of nitrogens with one attached hydrogen (secondary N) is 1. The lowest BCUT2D eigenvalue weighted by Crippen LogP contribution is -2.38. The van der Waals surface area contributed by atoms with Crippen molar-refractivity contribution >= 4 is 23.0 Å². The molecule has 0 aromatic heterocycles. The predicted molar refractivity (Wildman–Crippen MR) is 145 cm³/mol. The van der Waals surface area contributed by atoms with Gasteiger partial charge in [0.05, 0.1) is 6.04 Å². The van der Waals surface area contributed by atoms with Gasteiger partial charge in [0.1, 0.15) is 29.4 Å². The quantitative estimate of drug-likeness (QED) is 0.215. The molecule has 0 saturated carbocycles. The highest BCUT2D eigenvalue weighted by Crippen LogP contribution is 2.42. The van der Waals surface area contributed by atoms with E-state index in [-0.39, 0.29) is 6.04 Å². The topological polar surface area (TPSA) is 73.9 Å². The molecule has 0 spiro atoms. The molecule has 1 aliphatic heterocycles. The summed E-state index contributed by atoms with van der Waals surface area (Å²) in [6.45, 7) is 5.13. The van der Waals surface area contributed by atoms with Crippen LogP contribution < -0.4 is 19.1 Å². The van der Waals surface area contributed by atoms with E-state index in [2.05, 4.69) is 16.5 Å². The molecule has 6 nitrogen and oxygen atoms in total. The third kappa shape index (κ3) is 6.22. The molecule has 1 heterocycles. The Morgan fingerprint density at radius 2 is 1.83 bits per heavy atom. The minimum atomic E-state index is -1.12. The fraction of sp³-hybridized carbons (Fsp3) is 0.345. The molecule has 1 unspecified atom stereocenters. The number of rotatable bonds is 10. The molecule has 7 heteroatoms. The predicted octanol–water partition coefficient (Wildman–Crippen LogP) is 5.73. The van der Waals surface area contributed by atoms with Crippen LogP contribution in [0.5, 0.6) is 11.5 Å². The highest BCUT2D eigenvalue weighted by molar-refractivity contribution is 7.89. The molecule has 36 heavy (non-hydrogen) atoms. The number of fused-ring (bicyclic) bond motifs is 1. The Morgan fingerprint density at radius 1 is 1.14 bits per heavy atom. The number of anilines is 1. The second kappa shape index (κ2) is 12.3. The van der Waals surface area contributed by atoms with Gasteiger partial charge in [-0.2, -0.15) is 0 Å². The molecule has 2 atom stereocenters. The summed E-state index contributed by atoms with van der Waals surface area (Å²) in [6.07, 6.45) is 2.72. The number of carbonyl (C=O) groups is 1. The van der Waals surface area contributed by atoms with Gasteiger partial charge in [-0.25, -0.2) is 4.79 Å². The summed E-state index contributed by atoms with van der Waals surface area (Å²) in [5.74, 6) is 1.11. The molecular formula is C29H34N2O4S. The highest BCUT2D eigenvalue weighted by atomic mass is 32.2. The van der Waals surface area contributed by atoms with E-state index in [0.717, 1.165) is 48.2 Å². The molecule has 4 rings (SSSR count). The minimum absolute atomic E-state index is 0.0918. The van der Waals surface area contributed by atoms with Gasteiger partial charge < -0.3 is 18.9 Å². The maximum absolute atomic E-state index is 13.5. The van der Waals surface area contributed by atoms with Crippen molar-refractivity contribution in [2.75, 3.05) is 24.2 Å². The Hall–Kier alpha value is -3.00. The van der Waals surface area contributed by atoms with Gasteiger partial charge in [-0.1, -0.05) is 61.9 Å². The summed E-state index contributed by atoms with van der Waals surface area (Å²) in [4.78, 5) is 15.6. The van der Waals surface area contributed by atoms with Gasteiger partial charge in [-0.15, -0.1) is 4.72 Å². The van der Waals surface area contributed by atoms with Crippen molar-refractivity contribution < 1.29 is 18.8 Å². The number of unbranched alkanes of at least 4 members (excludes halogenated alkanes) is 1. The first-order valence-corrected chi connectivity index (χ1v) is 13.8. The van der Waals surface area contributed by atoms with Crippen LogP contribution in [0.4, 0.5) is 5.69 Å². The zero-order valence-electron chi connectivity index (χ0n) is 21.2. The molecule has 0 fully saturated rings. The highest BCUT2D eigenvalue weighted by Gasteiger charge is 2.33. The molecule has 0 amide bonds. The van der Waals surface area contributed by atoms with Crippen molar-refractivity contribution in [3.63, 3.8) is 0 Å². The lowest BCUT2D eigenvalue weighted by atomic mass is 9.91. The van der Waals surface area contributed by atoms with E-state index in [1.807, 2.05) is 68.6 Å². The van der Waals surface area contributed by atoms with Crippen molar-refractivity contribution in [3.8, 4) is 11.5 Å². The molecular weight excluding hydrogens is 472 g/mol. The molecule has 190 valence electrons. The maximum Gasteiger partial charge on any atom is 0.347 e. The van der Waals surface area contributed by atoms with Crippen LogP contribution in [0.3, 0.4) is 0 Å². The van der Waals surface area contributed by atoms with E-state index in [1.54, 1.807) is 12.1 Å². The standard InChI is InChI=1S/C29H34N2O4S/c1-4-5-18-36(33)30-25-16-17-31(3)28-21(2)27(29(32)35-23-14-10-7-11-15-23)26(19-24(25)28)34-20-22-12-8-6-9-13-22/h6-15,19,25,30H,4-5,16-18,20H2,1-3H3/t25?,36-/m0/s1. The summed E-state index contributed by atoms with van der Waals surface area (Å²) >= 11 is -1.12. The lowest BCUT2D eigenvalue weighted by molar-refractivity contribution is 0.0729. The Bertz CT molecular complexity index is 1160. The Labute approximate surface area is 216 Å². The summed E-state index contributed by atoms with van der Waals surface area (Å²) in [5.41, 5.74) is 4.16. The number of carbonyl (C=O) groups excluding carboxylic acids is 1. The van der Waals surface area contributed by atoms with Crippen LogP contribution in [0, 0.1) is 6.92 Å². The van der Waals surface area contributed by atoms with E-state index in [9.17, 15) is 9.35 Å². The van der Waals surface area contributed by atoms with Gasteiger partial charge in [0.2, 0.25) is 0 Å². The van der Waals surface area contributed by atoms with Crippen molar-refractivity contribution in [2.24, 2.45) is 0 Å². The number of esters is 1. The van der Waals surface area contributed by atoms with Crippen LogP contribution in [0.2, 0.25) is 0 Å². The van der Waals surface area contributed by atoms with Gasteiger partial charge in [0.25, 0.3) is 0 Å². The lowest BCUT2D eigenvalue weighted by Gasteiger charge is -2.35. The second-order valence-electron chi connectivity index (χ2n) is 9.07. The number of nitrogens with zero attached hydrogens (tertiary/aromatic N) is 1. The summed E-state index contributed by atoms with van der Waals surface area (Å²) in [7, 11) is 2.02. The van der Waals surface area contributed by atoms with E-state index < -0.39 is 17.3 Å². The van der Waals surface area contributed by atoms with E-state index in [4.69, 9.17) is 9.47 Å². The third-order valence-electron chi connectivity index (χ3n) is 6.40. The molecule has 0 aliphatic carbocycles. The zero-order chi connectivity index (χ0) is 25.5. The number of para-hydroxylation sites is 1. The first-order chi connectivity index (χ1) is 17.5. The number of hydrogen-bond donors (Lipinski definition) is 1. The van der Waals surface area contributed by atoms with E-state index in [0.29, 0.717) is 29.4 Å². The van der Waals surface area contributed by atoms with Crippen molar-refractivity contribution in [2.45, 2.75) is 45.8 Å². The van der Waals surface area contributed by atoms with Crippen LogP contribution in [0.1, 0.15) is 59.3 Å². The fourth-order valence-corrected chi connectivity index (χ4v) is 5.76. The number of ether oxygens (including phenoxy) is 2. The first kappa shape index (κ1) is 26.1. The summed E-state index contributed by atoms with van der Waals surface area (Å²) < 4.78 is 28.0. The van der Waals surface area contributed by atoms with Gasteiger partial charge >= 0.3 is 5.97 Å². The Balaban J connectivity index is 1.72. The maximum atomic E-state index is 13.5. The molecule has 1 aliphatic rings. The third-order valence-corrected chi connectivity index (χ3v) is 7.61. The summed E-state index contributed by atoms with van der Waals surface area (Å²) in [5, 5.41) is 0. The Kier molecular flexibility index (Phi) is 8.91. The van der Waals surface area contributed by atoms with Crippen molar-refractivity contribution in [3.05, 3.63) is 89.0 Å². The first-order valence-electron chi connectivity index (χ1n) is 12.4. The molecule has 0 saturated heterocycles. The van der Waals surface area contributed by atoms with Crippen LogP contribution in [0.25, 0.3) is 0 Å². The second-order valence-corrected chi connectivity index (χ2v) is 10.4. The largest absolute Gasteiger partial charge is 0.598 e. The minimum Gasteiger partial charge on any atom is -0.598 e. The van der Waals surface area contributed by atoms with Gasteiger partial charge in [0.15, 0.2) is 0 Å². The monoisotopic (exact) mass is 506 g/mol. The average molecular weight is 507 g/mol. The normalized spacial score (nSPS) is 15.8. The number of benzene rings is 3. The van der Waals surface area contributed by atoms with Crippen molar-refractivity contribution in [1.82, 2.24) is 4.72 Å². The van der Waals surface area contributed by atoms with Gasteiger partial charge in [-0.05, 0) is 49.1 Å². The smallest absolute Gasteiger partial charge is 0.347 e. The van der Waals surface area contributed by atoms with Crippen LogP contribution in [0.15, 0.2) is 66.7 Å². The van der Waals surface area contributed by atoms with E-state index >= 15 is 0 Å². The van der Waals surface area contributed by atoms with Gasteiger partial charge in [0, 0.05) is 36.2 Å². The fourth-order valence-electron chi connectivity index (χ4n) is 4.53. The van der Waals surface area contributed by atoms with Crippen molar-refractivity contribution in [1.29, 1.82) is 0 Å². The molecule has 0 bridgehead atoms. The van der Waals surface area contributed by atoms with Crippen LogP contribution in [-0.4, -0.2) is 29.9 Å². The SMILES string of the molecule is CCCC[S@+]([O-])NC1CCN(C)c2c1cc(OCc1ccccc1)c(C(=O)Oc1ccccc1)c2C. The zero-order valence-corrected chi connectivity index (χ0v) is 22.0. The Morgan fingerprint density at radius 3 is 2.53 bits per heavy atom. The van der Waals surface area contributed by atoms with Gasteiger partial charge in [-0.3, -0.25) is 0 Å². The molecule has 3 aromatic carbocycles. The molecule has 1 N–H and O–H groups in total. The van der Waals surface area contributed by atoms with Crippen LogP contribution >= 0.6 is 0 Å². The van der Waals surface area contributed by atoms with E-state index in [1.165, 1.54) is 0 Å². The number of hydrogen-bond acceptors (Lipinski definition) is 6. The molecule has 3 aromatic rings. The average Bonchev–Trinajstić information content (AvgIpc) is 2.88. The molecule has 0 radical (unpaired) electrons. The summed E-state index contributed by atoms with van der Waals surface area (Å²) in [6, 6.07) is 20.7. The van der Waals surface area contributed by atoms with Crippen LogP contribution in [-0.2, 0) is 18.0 Å².